The lowest BCUT2D eigenvalue weighted by atomic mass is 10.2. The van der Waals surface area contributed by atoms with Crippen LogP contribution in [0.15, 0.2) is 35.4 Å². The van der Waals surface area contributed by atoms with Crippen LogP contribution in [0.2, 0.25) is 0 Å². The number of methoxy groups -OCH3 is 1. The SMILES string of the molecule is COc1cc(N2CCN(C)CC2)ccc1Nc1ncc2ncc(=O)[nH]c2n1. The molecule has 0 saturated carbocycles. The molecule has 4 rings (SSSR count). The number of nitrogens with one attached hydrogen (secondary N) is 2. The molecule has 1 fully saturated rings. The van der Waals surface area contributed by atoms with Crippen molar-refractivity contribution < 1.29 is 4.74 Å². The highest BCUT2D eigenvalue weighted by atomic mass is 16.5. The molecule has 0 amide bonds. The van der Waals surface area contributed by atoms with Gasteiger partial charge in [-0.3, -0.25) is 4.79 Å². The zero-order valence-corrected chi connectivity index (χ0v) is 15.3. The van der Waals surface area contributed by atoms with Crippen molar-refractivity contribution in [3.05, 3.63) is 40.9 Å². The van der Waals surface area contributed by atoms with Gasteiger partial charge in [-0.1, -0.05) is 0 Å². The minimum Gasteiger partial charge on any atom is -0.494 e. The van der Waals surface area contributed by atoms with E-state index in [9.17, 15) is 4.79 Å². The predicted octanol–water partition coefficient (Wildman–Crippen LogP) is 1.22. The molecule has 27 heavy (non-hydrogen) atoms. The van der Waals surface area contributed by atoms with Crippen molar-refractivity contribution in [1.82, 2.24) is 24.8 Å². The summed E-state index contributed by atoms with van der Waals surface area (Å²) in [6.07, 6.45) is 2.77. The molecule has 0 unspecified atom stereocenters. The molecule has 3 aromatic rings. The summed E-state index contributed by atoms with van der Waals surface area (Å²) in [5, 5.41) is 3.15. The number of fused-ring (bicyclic) bond motifs is 1. The lowest BCUT2D eigenvalue weighted by Crippen LogP contribution is -2.44. The molecule has 1 aliphatic heterocycles. The number of H-pyrrole nitrogens is 1. The number of aromatic amines is 1. The molecule has 1 saturated heterocycles. The van der Waals surface area contributed by atoms with Crippen molar-refractivity contribution in [3.8, 4) is 5.75 Å². The van der Waals surface area contributed by atoms with Crippen molar-refractivity contribution in [3.63, 3.8) is 0 Å². The maximum Gasteiger partial charge on any atom is 0.268 e. The van der Waals surface area contributed by atoms with E-state index in [1.54, 1.807) is 13.3 Å². The first-order chi connectivity index (χ1) is 13.1. The summed E-state index contributed by atoms with van der Waals surface area (Å²) in [6.45, 7) is 4.06. The molecule has 1 aliphatic rings. The minimum atomic E-state index is -0.304. The van der Waals surface area contributed by atoms with Crippen molar-refractivity contribution in [2.24, 2.45) is 0 Å². The maximum absolute atomic E-state index is 11.4. The summed E-state index contributed by atoms with van der Waals surface area (Å²) >= 11 is 0. The Morgan fingerprint density at radius 1 is 1.15 bits per heavy atom. The molecular formula is C18H21N7O2. The summed E-state index contributed by atoms with van der Waals surface area (Å²) < 4.78 is 5.55. The van der Waals surface area contributed by atoms with E-state index in [-0.39, 0.29) is 5.56 Å². The standard InChI is InChI=1S/C18H21N7O2/c1-24-5-7-25(8-6-24)12-3-4-13(15(9-12)27-2)21-18-20-10-14-17(23-18)22-16(26)11-19-14/h3-4,9-11H,5-8H2,1-2H3,(H2,20,21,22,23,26). The molecule has 0 aliphatic carbocycles. The van der Waals surface area contributed by atoms with E-state index < -0.39 is 0 Å². The molecule has 2 N–H and O–H groups in total. The van der Waals surface area contributed by atoms with Crippen molar-refractivity contribution in [2.75, 3.05) is 50.6 Å². The summed E-state index contributed by atoms with van der Waals surface area (Å²) in [4.78, 5) is 31.3. The Balaban J connectivity index is 1.59. The van der Waals surface area contributed by atoms with Gasteiger partial charge in [0, 0.05) is 37.9 Å². The highest BCUT2D eigenvalue weighted by molar-refractivity contribution is 5.72. The number of rotatable bonds is 4. The largest absolute Gasteiger partial charge is 0.494 e. The molecule has 9 heteroatoms. The zero-order valence-electron chi connectivity index (χ0n) is 15.3. The third-order valence-corrected chi connectivity index (χ3v) is 4.63. The molecule has 0 atom stereocenters. The van der Waals surface area contributed by atoms with Gasteiger partial charge in [0.25, 0.3) is 5.56 Å². The number of ether oxygens (including phenoxy) is 1. The van der Waals surface area contributed by atoms with Gasteiger partial charge in [-0.25, -0.2) is 9.97 Å². The number of hydrogen-bond acceptors (Lipinski definition) is 8. The number of aromatic nitrogens is 4. The normalized spacial score (nSPS) is 15.1. The Morgan fingerprint density at radius 3 is 2.74 bits per heavy atom. The number of likely N-dealkylation sites (N-methyl/N-ethyl adjacent to an activating group) is 1. The monoisotopic (exact) mass is 367 g/mol. The fraction of sp³-hybridized carbons (Fsp3) is 0.333. The van der Waals surface area contributed by atoms with Crippen LogP contribution in [0.1, 0.15) is 0 Å². The number of anilines is 3. The molecule has 0 radical (unpaired) electrons. The van der Waals surface area contributed by atoms with Crippen LogP contribution < -0.4 is 20.5 Å². The Bertz CT molecular complexity index is 1010. The van der Waals surface area contributed by atoms with Crippen LogP contribution in [0.4, 0.5) is 17.3 Å². The van der Waals surface area contributed by atoms with E-state index in [2.05, 4.69) is 48.2 Å². The number of benzene rings is 1. The molecule has 3 heterocycles. The molecule has 1 aromatic carbocycles. The minimum absolute atomic E-state index is 0.304. The van der Waals surface area contributed by atoms with E-state index in [0.717, 1.165) is 37.6 Å². The summed E-state index contributed by atoms with van der Waals surface area (Å²) in [7, 11) is 3.77. The fourth-order valence-electron chi connectivity index (χ4n) is 3.06. The first-order valence-electron chi connectivity index (χ1n) is 8.73. The lowest BCUT2D eigenvalue weighted by Gasteiger charge is -2.34. The quantitative estimate of drug-likeness (QED) is 0.710. The molecule has 140 valence electrons. The molecule has 9 nitrogen and oxygen atoms in total. The second kappa shape index (κ2) is 7.20. The van der Waals surface area contributed by atoms with E-state index >= 15 is 0 Å². The van der Waals surface area contributed by atoms with Crippen LogP contribution in [-0.4, -0.2) is 65.2 Å². The van der Waals surface area contributed by atoms with E-state index in [4.69, 9.17) is 4.74 Å². The van der Waals surface area contributed by atoms with Gasteiger partial charge in [0.2, 0.25) is 5.95 Å². The second-order valence-electron chi connectivity index (χ2n) is 6.47. The summed E-state index contributed by atoms with van der Waals surface area (Å²) in [6, 6.07) is 6.02. The zero-order chi connectivity index (χ0) is 18.8. The van der Waals surface area contributed by atoms with Gasteiger partial charge in [-0.2, -0.15) is 4.98 Å². The molecule has 0 spiro atoms. The highest BCUT2D eigenvalue weighted by Crippen LogP contribution is 2.31. The van der Waals surface area contributed by atoms with Crippen molar-refractivity contribution in [2.45, 2.75) is 0 Å². The highest BCUT2D eigenvalue weighted by Gasteiger charge is 2.16. The van der Waals surface area contributed by atoms with Crippen LogP contribution in [0.5, 0.6) is 5.75 Å². The first-order valence-corrected chi connectivity index (χ1v) is 8.73. The van der Waals surface area contributed by atoms with E-state index in [1.165, 1.54) is 6.20 Å². The van der Waals surface area contributed by atoms with Crippen LogP contribution in [0.3, 0.4) is 0 Å². The Kier molecular flexibility index (Phi) is 4.59. The maximum atomic E-state index is 11.4. The van der Waals surface area contributed by atoms with Gasteiger partial charge in [-0.15, -0.1) is 0 Å². The number of nitrogens with zero attached hydrogens (tertiary/aromatic N) is 5. The van der Waals surface area contributed by atoms with E-state index in [1.807, 2.05) is 12.1 Å². The van der Waals surface area contributed by atoms with Gasteiger partial charge in [0.1, 0.15) is 11.3 Å². The Labute approximate surface area is 156 Å². The van der Waals surface area contributed by atoms with Crippen LogP contribution >= 0.6 is 0 Å². The second-order valence-corrected chi connectivity index (χ2v) is 6.47. The molecule has 2 aromatic heterocycles. The van der Waals surface area contributed by atoms with Gasteiger partial charge in [-0.05, 0) is 19.2 Å². The van der Waals surface area contributed by atoms with Gasteiger partial charge in [0.05, 0.1) is 25.2 Å². The molecular weight excluding hydrogens is 346 g/mol. The van der Waals surface area contributed by atoms with Crippen LogP contribution in [0.25, 0.3) is 11.2 Å². The Hall–Kier alpha value is -3.20. The first kappa shape index (κ1) is 17.2. The van der Waals surface area contributed by atoms with Crippen molar-refractivity contribution in [1.29, 1.82) is 0 Å². The Morgan fingerprint density at radius 2 is 1.96 bits per heavy atom. The van der Waals surface area contributed by atoms with Gasteiger partial charge in [0.15, 0.2) is 5.65 Å². The fourth-order valence-corrected chi connectivity index (χ4v) is 3.06. The number of piperazine rings is 1. The third kappa shape index (κ3) is 3.68. The van der Waals surface area contributed by atoms with Gasteiger partial charge < -0.3 is 24.8 Å². The van der Waals surface area contributed by atoms with Crippen molar-refractivity contribution >= 4 is 28.5 Å². The molecule has 0 bridgehead atoms. The third-order valence-electron chi connectivity index (χ3n) is 4.63. The lowest BCUT2D eigenvalue weighted by molar-refractivity contribution is 0.312. The average molecular weight is 367 g/mol. The summed E-state index contributed by atoms with van der Waals surface area (Å²) in [5.41, 5.74) is 2.48. The van der Waals surface area contributed by atoms with Crippen LogP contribution in [-0.2, 0) is 0 Å². The van der Waals surface area contributed by atoms with Gasteiger partial charge >= 0.3 is 0 Å². The van der Waals surface area contributed by atoms with Crippen LogP contribution in [0, 0.1) is 0 Å². The topological polar surface area (TPSA) is 99.3 Å². The smallest absolute Gasteiger partial charge is 0.268 e. The predicted molar refractivity (Wildman–Crippen MR) is 104 cm³/mol. The summed E-state index contributed by atoms with van der Waals surface area (Å²) in [5.74, 6) is 1.06. The van der Waals surface area contributed by atoms with E-state index in [0.29, 0.717) is 22.9 Å². The number of hydrogen-bond donors (Lipinski definition) is 2. The average Bonchev–Trinajstić information content (AvgIpc) is 2.68.